The Morgan fingerprint density at radius 2 is 2.03 bits per heavy atom. The summed E-state index contributed by atoms with van der Waals surface area (Å²) in [7, 11) is 0. The molecule has 3 aliphatic carbocycles. The molecule has 3 N–H and O–H groups in total. The van der Waals surface area contributed by atoms with Gasteiger partial charge in [0.2, 0.25) is 0 Å². The number of aromatic nitrogens is 1. The van der Waals surface area contributed by atoms with Crippen molar-refractivity contribution in [3.8, 4) is 11.5 Å². The molecule has 5 nitrogen and oxygen atoms in total. The van der Waals surface area contributed by atoms with Crippen molar-refractivity contribution < 1.29 is 14.9 Å². The van der Waals surface area contributed by atoms with Gasteiger partial charge in [-0.2, -0.15) is 0 Å². The SMILES string of the molecule is Oc1ccc2c3c1O[C@H]1c4[nH]c5ccccc5c4CC4(O)[C@@H](C2)N(CC2CC2)CCC314. The van der Waals surface area contributed by atoms with Crippen LogP contribution in [0, 0.1) is 5.92 Å². The lowest BCUT2D eigenvalue weighted by Gasteiger charge is -2.62. The number of aromatic hydroxyl groups is 1. The summed E-state index contributed by atoms with van der Waals surface area (Å²) in [5, 5.41) is 24.6. The van der Waals surface area contributed by atoms with Crippen molar-refractivity contribution in [1.29, 1.82) is 0 Å². The normalized spacial score (nSPS) is 35.0. The highest BCUT2D eigenvalue weighted by Gasteiger charge is 2.72. The van der Waals surface area contributed by atoms with E-state index in [-0.39, 0.29) is 17.9 Å². The van der Waals surface area contributed by atoms with E-state index < -0.39 is 11.0 Å². The maximum atomic E-state index is 12.7. The number of piperidine rings is 1. The van der Waals surface area contributed by atoms with Crippen LogP contribution in [0.4, 0.5) is 0 Å². The minimum Gasteiger partial charge on any atom is -0.504 e. The Labute approximate surface area is 180 Å². The number of hydrogen-bond donors (Lipinski definition) is 3. The first-order chi connectivity index (χ1) is 15.1. The lowest BCUT2D eigenvalue weighted by Crippen LogP contribution is -2.74. The monoisotopic (exact) mass is 414 g/mol. The molecule has 31 heavy (non-hydrogen) atoms. The van der Waals surface area contributed by atoms with Gasteiger partial charge in [-0.3, -0.25) is 4.90 Å². The summed E-state index contributed by atoms with van der Waals surface area (Å²) >= 11 is 0. The van der Waals surface area contributed by atoms with Gasteiger partial charge in [-0.15, -0.1) is 0 Å². The van der Waals surface area contributed by atoms with Gasteiger partial charge in [-0.1, -0.05) is 24.3 Å². The van der Waals surface area contributed by atoms with Crippen molar-refractivity contribution in [2.24, 2.45) is 5.92 Å². The third-order valence-electron chi connectivity index (χ3n) is 9.07. The molecule has 3 heterocycles. The van der Waals surface area contributed by atoms with Crippen molar-refractivity contribution in [3.05, 3.63) is 58.8 Å². The molecule has 0 radical (unpaired) electrons. The lowest BCUT2D eigenvalue weighted by molar-refractivity contribution is -0.173. The van der Waals surface area contributed by atoms with E-state index in [0.29, 0.717) is 12.2 Å². The van der Waals surface area contributed by atoms with Crippen molar-refractivity contribution >= 4 is 10.9 Å². The molecule has 1 saturated heterocycles. The highest BCUT2D eigenvalue weighted by atomic mass is 16.5. The molecule has 2 fully saturated rings. The van der Waals surface area contributed by atoms with Gasteiger partial charge in [-0.05, 0) is 61.4 Å². The average Bonchev–Trinajstić information content (AvgIpc) is 3.40. The van der Waals surface area contributed by atoms with E-state index in [1.807, 2.05) is 6.07 Å². The molecule has 0 amide bonds. The quantitative estimate of drug-likeness (QED) is 0.600. The molecule has 1 aromatic heterocycles. The maximum Gasteiger partial charge on any atom is 0.166 e. The number of ether oxygens (including phenoxy) is 1. The van der Waals surface area contributed by atoms with Crippen molar-refractivity contribution in [2.75, 3.05) is 13.1 Å². The number of aliphatic hydroxyl groups is 1. The number of para-hydroxylation sites is 1. The molecule has 158 valence electrons. The van der Waals surface area contributed by atoms with E-state index in [0.717, 1.165) is 48.6 Å². The van der Waals surface area contributed by atoms with Crippen LogP contribution >= 0.6 is 0 Å². The van der Waals surface area contributed by atoms with Gasteiger partial charge in [0.15, 0.2) is 17.6 Å². The van der Waals surface area contributed by atoms with Crippen LogP contribution in [0.5, 0.6) is 11.5 Å². The minimum absolute atomic E-state index is 0.0813. The topological polar surface area (TPSA) is 68.7 Å². The van der Waals surface area contributed by atoms with Gasteiger partial charge in [0, 0.05) is 35.5 Å². The number of phenolic OH excluding ortho intramolecular Hbond substituents is 1. The van der Waals surface area contributed by atoms with Crippen LogP contribution in [0.15, 0.2) is 36.4 Å². The Hall–Kier alpha value is -2.50. The second kappa shape index (κ2) is 5.28. The summed E-state index contributed by atoms with van der Waals surface area (Å²) in [4.78, 5) is 6.22. The second-order valence-electron chi connectivity index (χ2n) is 10.5. The lowest BCUT2D eigenvalue weighted by atomic mass is 9.49. The summed E-state index contributed by atoms with van der Waals surface area (Å²) in [6.45, 7) is 2.07. The number of likely N-dealkylation sites (tertiary alicyclic amines) is 1. The molecule has 2 aliphatic heterocycles. The van der Waals surface area contributed by atoms with Gasteiger partial charge < -0.3 is 19.9 Å². The first-order valence-electron chi connectivity index (χ1n) is 11.7. The molecule has 2 bridgehead atoms. The number of nitrogens with one attached hydrogen (secondary N) is 1. The predicted molar refractivity (Wildman–Crippen MR) is 117 cm³/mol. The molecule has 4 atom stereocenters. The average molecular weight is 415 g/mol. The molecule has 2 aromatic carbocycles. The van der Waals surface area contributed by atoms with E-state index in [9.17, 15) is 10.2 Å². The number of phenols is 1. The van der Waals surface area contributed by atoms with Gasteiger partial charge in [0.05, 0.1) is 16.7 Å². The fraction of sp³-hybridized carbons (Fsp3) is 0.462. The Morgan fingerprint density at radius 3 is 2.90 bits per heavy atom. The van der Waals surface area contributed by atoms with Gasteiger partial charge in [0.25, 0.3) is 0 Å². The maximum absolute atomic E-state index is 12.7. The van der Waals surface area contributed by atoms with Crippen molar-refractivity contribution in [2.45, 2.75) is 55.3 Å². The summed E-state index contributed by atoms with van der Waals surface area (Å²) < 4.78 is 6.60. The van der Waals surface area contributed by atoms with Crippen LogP contribution < -0.4 is 4.74 Å². The zero-order valence-corrected chi connectivity index (χ0v) is 17.4. The highest BCUT2D eigenvalue weighted by molar-refractivity contribution is 5.86. The smallest absolute Gasteiger partial charge is 0.166 e. The van der Waals surface area contributed by atoms with Crippen LogP contribution in [-0.2, 0) is 18.3 Å². The van der Waals surface area contributed by atoms with Gasteiger partial charge in [-0.25, -0.2) is 0 Å². The zero-order chi connectivity index (χ0) is 20.5. The van der Waals surface area contributed by atoms with Gasteiger partial charge in [0.1, 0.15) is 0 Å². The Morgan fingerprint density at radius 1 is 1.16 bits per heavy atom. The molecular weight excluding hydrogens is 388 g/mol. The third-order valence-corrected chi connectivity index (χ3v) is 9.07. The number of H-pyrrole nitrogens is 1. The summed E-state index contributed by atoms with van der Waals surface area (Å²) in [6, 6.07) is 12.3. The Kier molecular flexibility index (Phi) is 2.91. The van der Waals surface area contributed by atoms with Crippen LogP contribution in [0.2, 0.25) is 0 Å². The Balaban J connectivity index is 1.43. The minimum atomic E-state index is -0.908. The number of aromatic amines is 1. The molecule has 8 rings (SSSR count). The van der Waals surface area contributed by atoms with E-state index >= 15 is 0 Å². The second-order valence-corrected chi connectivity index (χ2v) is 10.5. The number of nitrogens with zero attached hydrogens (tertiary/aromatic N) is 1. The highest BCUT2D eigenvalue weighted by Crippen LogP contribution is 2.69. The predicted octanol–water partition coefficient (Wildman–Crippen LogP) is 3.57. The molecule has 1 spiro atoms. The number of fused-ring (bicyclic) bond motifs is 4. The molecule has 3 aromatic rings. The summed E-state index contributed by atoms with van der Waals surface area (Å²) in [5.41, 5.74) is 4.27. The molecule has 5 aliphatic rings. The zero-order valence-electron chi connectivity index (χ0n) is 17.4. The molecule has 1 saturated carbocycles. The van der Waals surface area contributed by atoms with Crippen LogP contribution in [-0.4, -0.2) is 44.8 Å². The fourth-order valence-corrected chi connectivity index (χ4v) is 7.57. The standard InChI is InChI=1S/C26H26N2O3/c29-19-8-7-15-11-20-26(30)12-17-16-3-1-2-4-18(16)27-22(17)24-25(26,21(15)23(19)31-24)9-10-28(20)13-14-5-6-14/h1-4,7-8,14,20,24,27,29-30H,5-6,9-13H2/t20-,24+,25?,26?/m1/s1. The molecular formula is C26H26N2O3. The number of benzene rings is 2. The first kappa shape index (κ1) is 17.1. The van der Waals surface area contributed by atoms with E-state index in [4.69, 9.17) is 4.74 Å². The summed E-state index contributed by atoms with van der Waals surface area (Å²) in [5.74, 6) is 1.58. The number of rotatable bonds is 2. The van der Waals surface area contributed by atoms with E-state index in [1.165, 1.54) is 29.4 Å². The fourth-order valence-electron chi connectivity index (χ4n) is 7.57. The third kappa shape index (κ3) is 1.84. The number of hydrogen-bond acceptors (Lipinski definition) is 4. The van der Waals surface area contributed by atoms with Gasteiger partial charge >= 0.3 is 0 Å². The largest absolute Gasteiger partial charge is 0.504 e. The van der Waals surface area contributed by atoms with Crippen LogP contribution in [0.25, 0.3) is 10.9 Å². The van der Waals surface area contributed by atoms with Crippen molar-refractivity contribution in [1.82, 2.24) is 9.88 Å². The van der Waals surface area contributed by atoms with E-state index in [2.05, 4.69) is 34.1 Å². The Bertz CT molecular complexity index is 1280. The molecule has 5 heteroatoms. The van der Waals surface area contributed by atoms with Crippen LogP contribution in [0.3, 0.4) is 0 Å². The van der Waals surface area contributed by atoms with E-state index in [1.54, 1.807) is 6.07 Å². The van der Waals surface area contributed by atoms with Crippen molar-refractivity contribution in [3.63, 3.8) is 0 Å². The summed E-state index contributed by atoms with van der Waals surface area (Å²) in [6.07, 6.45) is 4.66. The molecule has 2 unspecified atom stereocenters. The van der Waals surface area contributed by atoms with Crippen LogP contribution in [0.1, 0.15) is 47.8 Å². The first-order valence-corrected chi connectivity index (χ1v) is 11.7.